The summed E-state index contributed by atoms with van der Waals surface area (Å²) in [6.45, 7) is 4.69. The molecule has 1 aliphatic heterocycles. The minimum absolute atomic E-state index is 0.154. The highest BCUT2D eigenvalue weighted by atomic mass is 35.5. The molecule has 1 N–H and O–H groups in total. The molecule has 0 aromatic heterocycles. The van der Waals surface area contributed by atoms with Gasteiger partial charge in [0.15, 0.2) is 0 Å². The fourth-order valence-electron chi connectivity index (χ4n) is 3.61. The highest BCUT2D eigenvalue weighted by Gasteiger charge is 2.26. The molecule has 1 saturated heterocycles. The predicted octanol–water partition coefficient (Wildman–Crippen LogP) is 4.36. The quantitative estimate of drug-likeness (QED) is 0.456. The van der Waals surface area contributed by atoms with Crippen LogP contribution in [-0.4, -0.2) is 66.8 Å². The van der Waals surface area contributed by atoms with E-state index in [2.05, 4.69) is 34.1 Å². The lowest BCUT2D eigenvalue weighted by molar-refractivity contribution is -0.141. The second kappa shape index (κ2) is 11.5. The lowest BCUT2D eigenvalue weighted by atomic mass is 9.96. The number of rotatable bonds is 9. The molecular formula is C23H26Cl2N2O3. The van der Waals surface area contributed by atoms with Crippen molar-refractivity contribution < 1.29 is 14.6 Å². The molecule has 30 heavy (non-hydrogen) atoms. The van der Waals surface area contributed by atoms with Crippen LogP contribution < -0.4 is 0 Å². The summed E-state index contributed by atoms with van der Waals surface area (Å²) in [4.78, 5) is 15.3. The van der Waals surface area contributed by atoms with E-state index in [4.69, 9.17) is 33.0 Å². The third kappa shape index (κ3) is 6.83. The molecule has 5 nitrogen and oxygen atoms in total. The van der Waals surface area contributed by atoms with Crippen LogP contribution in [0.15, 0.2) is 60.7 Å². The van der Waals surface area contributed by atoms with Crippen LogP contribution >= 0.6 is 23.2 Å². The summed E-state index contributed by atoms with van der Waals surface area (Å²) in [5, 5.41) is 10.0. The van der Waals surface area contributed by atoms with Gasteiger partial charge in [-0.1, -0.05) is 59.6 Å². The van der Waals surface area contributed by atoms with Gasteiger partial charge in [-0.15, -0.1) is 0 Å². The summed E-state index contributed by atoms with van der Waals surface area (Å²) in [7, 11) is 0. The van der Waals surface area contributed by atoms with Crippen LogP contribution in [0.3, 0.4) is 0 Å². The molecule has 0 bridgehead atoms. The molecule has 3 rings (SSSR count). The van der Waals surface area contributed by atoms with E-state index in [1.54, 1.807) is 0 Å². The van der Waals surface area contributed by atoms with Crippen LogP contribution in [0.4, 0.5) is 0 Å². The Morgan fingerprint density at radius 1 is 0.933 bits per heavy atom. The standard InChI is InChI=1S/C23H26Cl2N2O3/c24-20-7-3-18(4-8-20)23(19-5-9-21(25)10-6-19)27-14-12-26(13-15-27)11-1-2-16-30-17-22(28)29/h1-10,23H,11-17H2,(H,28,29)/b2-1-. The molecular weight excluding hydrogens is 423 g/mol. The third-order valence-corrected chi connectivity index (χ3v) is 5.62. The molecule has 0 spiro atoms. The fourth-order valence-corrected chi connectivity index (χ4v) is 3.87. The SMILES string of the molecule is O=C(O)COC/C=C\CN1CCN(C(c2ccc(Cl)cc2)c2ccc(Cl)cc2)CC1. The van der Waals surface area contributed by atoms with Gasteiger partial charge in [-0.2, -0.15) is 0 Å². The molecule has 0 amide bonds. The maximum Gasteiger partial charge on any atom is 0.329 e. The Bertz CT molecular complexity index is 787. The van der Waals surface area contributed by atoms with Crippen molar-refractivity contribution in [1.82, 2.24) is 9.80 Å². The molecule has 160 valence electrons. The van der Waals surface area contributed by atoms with E-state index < -0.39 is 5.97 Å². The molecule has 1 aliphatic rings. The van der Waals surface area contributed by atoms with Crippen molar-refractivity contribution in [2.45, 2.75) is 6.04 Å². The van der Waals surface area contributed by atoms with E-state index in [1.165, 1.54) is 11.1 Å². The fraction of sp³-hybridized carbons (Fsp3) is 0.348. The zero-order chi connectivity index (χ0) is 21.3. The summed E-state index contributed by atoms with van der Waals surface area (Å²) in [5.74, 6) is -0.949. The first kappa shape index (κ1) is 22.8. The van der Waals surface area contributed by atoms with Gasteiger partial charge in [0.25, 0.3) is 0 Å². The third-order valence-electron chi connectivity index (χ3n) is 5.11. The monoisotopic (exact) mass is 448 g/mol. The molecule has 0 unspecified atom stereocenters. The number of nitrogens with zero attached hydrogens (tertiary/aromatic N) is 2. The zero-order valence-electron chi connectivity index (χ0n) is 16.7. The largest absolute Gasteiger partial charge is 0.480 e. The van der Waals surface area contributed by atoms with E-state index in [0.29, 0.717) is 6.61 Å². The molecule has 0 radical (unpaired) electrons. The van der Waals surface area contributed by atoms with Crippen molar-refractivity contribution >= 4 is 29.2 Å². The molecule has 2 aromatic carbocycles. The summed E-state index contributed by atoms with van der Waals surface area (Å²) in [6.07, 6.45) is 3.91. The first-order valence-electron chi connectivity index (χ1n) is 9.95. The molecule has 1 heterocycles. The first-order valence-corrected chi connectivity index (χ1v) is 10.7. The van der Waals surface area contributed by atoms with E-state index in [1.807, 2.05) is 36.4 Å². The molecule has 0 aliphatic carbocycles. The summed E-state index contributed by atoms with van der Waals surface area (Å²) >= 11 is 12.2. The summed E-state index contributed by atoms with van der Waals surface area (Å²) < 4.78 is 5.02. The van der Waals surface area contributed by atoms with Gasteiger partial charge < -0.3 is 9.84 Å². The van der Waals surface area contributed by atoms with Gasteiger partial charge in [-0.3, -0.25) is 9.80 Å². The Morgan fingerprint density at radius 2 is 1.47 bits per heavy atom. The maximum absolute atomic E-state index is 10.4. The van der Waals surface area contributed by atoms with Crippen LogP contribution in [0.1, 0.15) is 17.2 Å². The topological polar surface area (TPSA) is 53.0 Å². The van der Waals surface area contributed by atoms with Crippen molar-refractivity contribution in [1.29, 1.82) is 0 Å². The first-order chi connectivity index (χ1) is 14.5. The van der Waals surface area contributed by atoms with Crippen LogP contribution in [0.5, 0.6) is 0 Å². The number of piperazine rings is 1. The van der Waals surface area contributed by atoms with E-state index in [-0.39, 0.29) is 12.6 Å². The molecule has 0 saturated carbocycles. The van der Waals surface area contributed by atoms with Crippen LogP contribution in [0.25, 0.3) is 0 Å². The highest BCUT2D eigenvalue weighted by molar-refractivity contribution is 6.30. The average Bonchev–Trinajstić information content (AvgIpc) is 2.74. The lowest BCUT2D eigenvalue weighted by Gasteiger charge is -2.39. The van der Waals surface area contributed by atoms with Gasteiger partial charge in [0.05, 0.1) is 12.6 Å². The van der Waals surface area contributed by atoms with Gasteiger partial charge in [-0.25, -0.2) is 4.79 Å². The maximum atomic E-state index is 10.4. The Morgan fingerprint density at radius 3 is 1.97 bits per heavy atom. The van der Waals surface area contributed by atoms with Crippen molar-refractivity contribution in [3.63, 3.8) is 0 Å². The molecule has 0 atom stereocenters. The van der Waals surface area contributed by atoms with Crippen molar-refractivity contribution in [2.24, 2.45) is 0 Å². The number of halogens is 2. The second-order valence-electron chi connectivity index (χ2n) is 7.22. The Labute approximate surface area is 187 Å². The Balaban J connectivity index is 1.60. The van der Waals surface area contributed by atoms with E-state index in [0.717, 1.165) is 42.8 Å². The Hall–Kier alpha value is -1.89. The van der Waals surface area contributed by atoms with Crippen molar-refractivity contribution in [3.8, 4) is 0 Å². The van der Waals surface area contributed by atoms with Crippen molar-refractivity contribution in [2.75, 3.05) is 45.9 Å². The van der Waals surface area contributed by atoms with Crippen molar-refractivity contribution in [3.05, 3.63) is 81.9 Å². The number of carboxylic acids is 1. The van der Waals surface area contributed by atoms with E-state index in [9.17, 15) is 4.79 Å². The van der Waals surface area contributed by atoms with E-state index >= 15 is 0 Å². The number of benzene rings is 2. The van der Waals surface area contributed by atoms with Gasteiger partial charge in [0.1, 0.15) is 6.61 Å². The normalized spacial score (nSPS) is 15.8. The van der Waals surface area contributed by atoms with Gasteiger partial charge >= 0.3 is 5.97 Å². The minimum Gasteiger partial charge on any atom is -0.480 e. The minimum atomic E-state index is -0.949. The number of aliphatic carboxylic acids is 1. The zero-order valence-corrected chi connectivity index (χ0v) is 18.2. The average molecular weight is 449 g/mol. The van der Waals surface area contributed by atoms with Gasteiger partial charge in [-0.05, 0) is 35.4 Å². The molecule has 1 fully saturated rings. The van der Waals surface area contributed by atoms with Gasteiger partial charge in [0, 0.05) is 42.8 Å². The lowest BCUT2D eigenvalue weighted by Crippen LogP contribution is -2.47. The Kier molecular flexibility index (Phi) is 8.73. The van der Waals surface area contributed by atoms with Crippen LogP contribution in [-0.2, 0) is 9.53 Å². The number of carbonyl (C=O) groups is 1. The number of hydrogen-bond donors (Lipinski definition) is 1. The van der Waals surface area contributed by atoms with Crippen LogP contribution in [0, 0.1) is 0 Å². The number of carboxylic acid groups (broad SMARTS) is 1. The number of hydrogen-bond acceptors (Lipinski definition) is 4. The molecule has 7 heteroatoms. The molecule has 2 aromatic rings. The second-order valence-corrected chi connectivity index (χ2v) is 8.10. The smallest absolute Gasteiger partial charge is 0.329 e. The number of ether oxygens (including phenoxy) is 1. The van der Waals surface area contributed by atoms with Gasteiger partial charge in [0.2, 0.25) is 0 Å². The van der Waals surface area contributed by atoms with Crippen LogP contribution in [0.2, 0.25) is 10.0 Å². The highest BCUT2D eigenvalue weighted by Crippen LogP contribution is 2.31. The summed E-state index contributed by atoms with van der Waals surface area (Å²) in [6, 6.07) is 16.3. The predicted molar refractivity (Wildman–Crippen MR) is 120 cm³/mol. The summed E-state index contributed by atoms with van der Waals surface area (Å²) in [5.41, 5.74) is 2.43.